The first-order valence-electron chi connectivity index (χ1n) is 10.9. The second-order valence-corrected chi connectivity index (χ2v) is 11.2. The second kappa shape index (κ2) is 8.18. The van der Waals surface area contributed by atoms with E-state index >= 15 is 0 Å². The number of carbonyl (C=O) groups excluding carboxylic acids is 1. The molecule has 0 unspecified atom stereocenters. The average molecular weight is 474 g/mol. The van der Waals surface area contributed by atoms with Gasteiger partial charge in [0.05, 0.1) is 23.5 Å². The van der Waals surface area contributed by atoms with Crippen LogP contribution in [0.5, 0.6) is 0 Å². The summed E-state index contributed by atoms with van der Waals surface area (Å²) in [4.78, 5) is 21.5. The topological polar surface area (TPSA) is 106 Å². The molecule has 10 heteroatoms. The lowest BCUT2D eigenvalue weighted by Crippen LogP contribution is -2.40. The lowest BCUT2D eigenvalue weighted by molar-refractivity contribution is 0.0965. The smallest absolute Gasteiger partial charge is 0.253 e. The zero-order valence-corrected chi connectivity index (χ0v) is 20.2. The lowest BCUT2D eigenvalue weighted by atomic mass is 9.92. The molecular formula is C23H28FN5O3S. The number of aromatic nitrogens is 3. The van der Waals surface area contributed by atoms with Crippen molar-refractivity contribution in [3.63, 3.8) is 0 Å². The molecule has 1 aliphatic carbocycles. The molecule has 1 aliphatic rings. The molecule has 0 bridgehead atoms. The molecule has 0 spiro atoms. The minimum atomic E-state index is -3.81. The van der Waals surface area contributed by atoms with Gasteiger partial charge in [0.15, 0.2) is 5.82 Å². The molecule has 0 atom stereocenters. The summed E-state index contributed by atoms with van der Waals surface area (Å²) in [6.45, 7) is 6.92. The summed E-state index contributed by atoms with van der Waals surface area (Å²) in [6.07, 6.45) is 5.36. The number of amides is 1. The second-order valence-electron chi connectivity index (χ2n) is 9.47. The lowest BCUT2D eigenvalue weighted by Gasteiger charge is -2.30. The van der Waals surface area contributed by atoms with E-state index in [-0.39, 0.29) is 28.2 Å². The van der Waals surface area contributed by atoms with Crippen LogP contribution in [0.15, 0.2) is 29.4 Å². The SMILES string of the molecule is CNC(=O)c1c(-c2ncc(S(=O)(=O)NC(C)(C)C)cn2)n(C2CCC2)c2cc(C)c(F)cc12. The quantitative estimate of drug-likeness (QED) is 0.588. The van der Waals surface area contributed by atoms with Crippen LogP contribution in [0.4, 0.5) is 4.39 Å². The van der Waals surface area contributed by atoms with Gasteiger partial charge in [0.25, 0.3) is 5.91 Å². The third kappa shape index (κ3) is 4.24. The normalized spacial score (nSPS) is 15.0. The van der Waals surface area contributed by atoms with E-state index in [1.807, 2.05) is 4.57 Å². The van der Waals surface area contributed by atoms with Crippen molar-refractivity contribution in [2.45, 2.75) is 63.4 Å². The number of halogens is 1. The monoisotopic (exact) mass is 473 g/mol. The molecule has 2 heterocycles. The maximum absolute atomic E-state index is 14.5. The highest BCUT2D eigenvalue weighted by molar-refractivity contribution is 7.89. The number of nitrogens with one attached hydrogen (secondary N) is 2. The van der Waals surface area contributed by atoms with E-state index in [1.54, 1.807) is 33.8 Å². The first-order chi connectivity index (χ1) is 15.4. The highest BCUT2D eigenvalue weighted by Gasteiger charge is 2.32. The van der Waals surface area contributed by atoms with E-state index in [0.29, 0.717) is 16.6 Å². The van der Waals surface area contributed by atoms with E-state index in [9.17, 15) is 17.6 Å². The minimum Gasteiger partial charge on any atom is -0.355 e. The molecule has 1 fully saturated rings. The van der Waals surface area contributed by atoms with Gasteiger partial charge in [-0.3, -0.25) is 4.79 Å². The van der Waals surface area contributed by atoms with Crippen molar-refractivity contribution in [2.24, 2.45) is 0 Å². The first kappa shape index (κ1) is 23.3. The number of hydrogen-bond donors (Lipinski definition) is 2. The van der Waals surface area contributed by atoms with E-state index in [2.05, 4.69) is 20.0 Å². The highest BCUT2D eigenvalue weighted by atomic mass is 32.2. The number of fused-ring (bicyclic) bond motifs is 1. The van der Waals surface area contributed by atoms with Crippen molar-refractivity contribution in [1.82, 2.24) is 24.6 Å². The number of sulfonamides is 1. The van der Waals surface area contributed by atoms with Crippen LogP contribution in [-0.2, 0) is 10.0 Å². The van der Waals surface area contributed by atoms with Crippen LogP contribution >= 0.6 is 0 Å². The Kier molecular flexibility index (Phi) is 5.78. The van der Waals surface area contributed by atoms with E-state index < -0.39 is 21.4 Å². The Labute approximate surface area is 192 Å². The Hall–Kier alpha value is -2.85. The molecule has 1 amide bonds. The van der Waals surface area contributed by atoms with Gasteiger partial charge >= 0.3 is 0 Å². The van der Waals surface area contributed by atoms with Crippen molar-refractivity contribution >= 4 is 26.8 Å². The summed E-state index contributed by atoms with van der Waals surface area (Å²) in [5.74, 6) is -0.573. The predicted molar refractivity (Wildman–Crippen MR) is 124 cm³/mol. The Bertz CT molecular complexity index is 1340. The fourth-order valence-electron chi connectivity index (χ4n) is 4.07. The molecule has 8 nitrogen and oxygen atoms in total. The van der Waals surface area contributed by atoms with Gasteiger partial charge < -0.3 is 9.88 Å². The van der Waals surface area contributed by atoms with Crippen LogP contribution in [0.25, 0.3) is 22.4 Å². The van der Waals surface area contributed by atoms with Crippen molar-refractivity contribution in [1.29, 1.82) is 0 Å². The summed E-state index contributed by atoms with van der Waals surface area (Å²) >= 11 is 0. The van der Waals surface area contributed by atoms with Crippen LogP contribution in [0.1, 0.15) is 62.0 Å². The summed E-state index contributed by atoms with van der Waals surface area (Å²) in [7, 11) is -2.30. The molecular weight excluding hydrogens is 445 g/mol. The Morgan fingerprint density at radius 2 is 1.82 bits per heavy atom. The van der Waals surface area contributed by atoms with E-state index in [0.717, 1.165) is 24.8 Å². The van der Waals surface area contributed by atoms with Gasteiger partial charge in [-0.25, -0.2) is 27.5 Å². The zero-order valence-electron chi connectivity index (χ0n) is 19.4. The summed E-state index contributed by atoms with van der Waals surface area (Å²) in [5, 5.41) is 3.11. The highest BCUT2D eigenvalue weighted by Crippen LogP contribution is 2.42. The minimum absolute atomic E-state index is 0.0733. The van der Waals surface area contributed by atoms with Crippen LogP contribution < -0.4 is 10.0 Å². The van der Waals surface area contributed by atoms with Gasteiger partial charge in [-0.1, -0.05) is 0 Å². The fourth-order valence-corrected chi connectivity index (χ4v) is 5.38. The number of benzene rings is 1. The molecule has 176 valence electrons. The van der Waals surface area contributed by atoms with Gasteiger partial charge in [0.2, 0.25) is 10.0 Å². The predicted octanol–water partition coefficient (Wildman–Crippen LogP) is 3.71. The number of nitrogens with zero attached hydrogens (tertiary/aromatic N) is 3. The summed E-state index contributed by atoms with van der Waals surface area (Å²) in [6, 6.07) is 3.24. The Morgan fingerprint density at radius 1 is 1.18 bits per heavy atom. The summed E-state index contributed by atoms with van der Waals surface area (Å²) in [5.41, 5.74) is 1.30. The van der Waals surface area contributed by atoms with Crippen molar-refractivity contribution < 1.29 is 17.6 Å². The van der Waals surface area contributed by atoms with Gasteiger partial charge in [0.1, 0.15) is 16.4 Å². The van der Waals surface area contributed by atoms with Crippen LogP contribution in [0.3, 0.4) is 0 Å². The zero-order chi connectivity index (χ0) is 24.1. The third-order valence-electron chi connectivity index (χ3n) is 5.77. The van der Waals surface area contributed by atoms with Crippen molar-refractivity contribution in [3.8, 4) is 11.5 Å². The average Bonchev–Trinajstić information content (AvgIpc) is 2.98. The van der Waals surface area contributed by atoms with Crippen LogP contribution in [-0.4, -0.2) is 41.4 Å². The molecule has 3 aromatic rings. The standard InChI is InChI=1S/C23H28FN5O3S/c1-13-9-18-16(10-17(13)24)19(22(30)25-5)20(29(18)14-7-6-8-14)21-26-11-15(12-27-21)33(31,32)28-23(2,3)4/h9-12,14,28H,6-8H2,1-5H3,(H,25,30). The molecule has 0 saturated heterocycles. The number of carbonyl (C=O) groups is 1. The Morgan fingerprint density at radius 3 is 2.33 bits per heavy atom. The number of rotatable bonds is 5. The van der Waals surface area contributed by atoms with E-state index in [1.165, 1.54) is 25.5 Å². The molecule has 0 radical (unpaired) electrons. The van der Waals surface area contributed by atoms with Crippen molar-refractivity contribution in [3.05, 3.63) is 41.5 Å². The molecule has 1 saturated carbocycles. The third-order valence-corrected chi connectivity index (χ3v) is 7.48. The maximum atomic E-state index is 14.5. The molecule has 33 heavy (non-hydrogen) atoms. The number of aryl methyl sites for hydroxylation is 1. The number of hydrogen-bond acceptors (Lipinski definition) is 5. The van der Waals surface area contributed by atoms with Gasteiger partial charge in [0, 0.05) is 24.0 Å². The van der Waals surface area contributed by atoms with E-state index in [4.69, 9.17) is 0 Å². The van der Waals surface area contributed by atoms with Crippen molar-refractivity contribution in [2.75, 3.05) is 7.05 Å². The van der Waals surface area contributed by atoms with Gasteiger partial charge in [-0.05, 0) is 64.7 Å². The van der Waals surface area contributed by atoms with Crippen LogP contribution in [0.2, 0.25) is 0 Å². The largest absolute Gasteiger partial charge is 0.355 e. The molecule has 4 rings (SSSR count). The fraction of sp³-hybridized carbons (Fsp3) is 0.435. The molecule has 0 aliphatic heterocycles. The van der Waals surface area contributed by atoms with Gasteiger partial charge in [-0.15, -0.1) is 0 Å². The van der Waals surface area contributed by atoms with Crippen LogP contribution in [0, 0.1) is 12.7 Å². The Balaban J connectivity index is 1.94. The maximum Gasteiger partial charge on any atom is 0.253 e. The summed E-state index contributed by atoms with van der Waals surface area (Å²) < 4.78 is 44.4. The molecule has 2 aromatic heterocycles. The first-order valence-corrected chi connectivity index (χ1v) is 12.3. The molecule has 1 aromatic carbocycles. The van der Waals surface area contributed by atoms with Gasteiger partial charge in [-0.2, -0.15) is 0 Å². The molecule has 2 N–H and O–H groups in total.